The van der Waals surface area contributed by atoms with Crippen molar-refractivity contribution in [2.24, 2.45) is 0 Å². The Morgan fingerprint density at radius 3 is 2.58 bits per heavy atom. The molecule has 3 rings (SSSR count). The number of nitrogens with zero attached hydrogens (tertiary/aromatic N) is 2. The number of ether oxygens (including phenoxy) is 1. The topological polar surface area (TPSA) is 44.8 Å². The number of carbonyl (C=O) groups is 1. The lowest BCUT2D eigenvalue weighted by Crippen LogP contribution is -2.50. The van der Waals surface area contributed by atoms with Gasteiger partial charge in [0.1, 0.15) is 5.75 Å². The SMILES string of the molecule is COc1ccccc1N1CCN(C(=O)CNc2ccc(Cl)cc2C)CC1. The first-order chi connectivity index (χ1) is 12.6. The zero-order valence-electron chi connectivity index (χ0n) is 15.2. The number of nitrogens with one attached hydrogen (secondary N) is 1. The highest BCUT2D eigenvalue weighted by Gasteiger charge is 2.22. The average molecular weight is 374 g/mol. The molecule has 1 aliphatic heterocycles. The monoisotopic (exact) mass is 373 g/mol. The molecular weight excluding hydrogens is 350 g/mol. The fourth-order valence-electron chi connectivity index (χ4n) is 3.20. The van der Waals surface area contributed by atoms with Crippen molar-refractivity contribution in [1.82, 2.24) is 4.90 Å². The fraction of sp³-hybridized carbons (Fsp3) is 0.350. The van der Waals surface area contributed by atoms with Crippen LogP contribution in [0.15, 0.2) is 42.5 Å². The van der Waals surface area contributed by atoms with Gasteiger partial charge in [0.25, 0.3) is 0 Å². The van der Waals surface area contributed by atoms with Crippen LogP contribution in [-0.2, 0) is 4.79 Å². The third-order valence-electron chi connectivity index (χ3n) is 4.68. The second kappa shape index (κ2) is 8.32. The molecule has 5 nitrogen and oxygen atoms in total. The fourth-order valence-corrected chi connectivity index (χ4v) is 3.42. The third kappa shape index (κ3) is 4.22. The van der Waals surface area contributed by atoms with Gasteiger partial charge in [-0.05, 0) is 42.8 Å². The second-order valence-electron chi connectivity index (χ2n) is 6.35. The molecule has 0 radical (unpaired) electrons. The summed E-state index contributed by atoms with van der Waals surface area (Å²) in [4.78, 5) is 16.7. The van der Waals surface area contributed by atoms with Crippen LogP contribution < -0.4 is 15.0 Å². The Bertz CT molecular complexity index is 773. The maximum atomic E-state index is 12.5. The summed E-state index contributed by atoms with van der Waals surface area (Å²) >= 11 is 5.97. The van der Waals surface area contributed by atoms with E-state index in [1.165, 1.54) is 0 Å². The van der Waals surface area contributed by atoms with Crippen molar-refractivity contribution in [3.8, 4) is 5.75 Å². The molecule has 138 valence electrons. The average Bonchev–Trinajstić information content (AvgIpc) is 2.67. The molecule has 1 heterocycles. The lowest BCUT2D eigenvalue weighted by molar-refractivity contribution is -0.129. The molecule has 0 atom stereocenters. The second-order valence-corrected chi connectivity index (χ2v) is 6.79. The summed E-state index contributed by atoms with van der Waals surface area (Å²) < 4.78 is 5.44. The van der Waals surface area contributed by atoms with Gasteiger partial charge in [-0.2, -0.15) is 0 Å². The maximum Gasteiger partial charge on any atom is 0.241 e. The van der Waals surface area contributed by atoms with Gasteiger partial charge in [-0.25, -0.2) is 0 Å². The predicted octanol–water partition coefficient (Wildman–Crippen LogP) is 3.42. The zero-order chi connectivity index (χ0) is 18.5. The Labute approximate surface area is 159 Å². The van der Waals surface area contributed by atoms with Gasteiger partial charge in [-0.3, -0.25) is 4.79 Å². The van der Waals surface area contributed by atoms with Gasteiger partial charge in [0.15, 0.2) is 0 Å². The lowest BCUT2D eigenvalue weighted by Gasteiger charge is -2.36. The van der Waals surface area contributed by atoms with Gasteiger partial charge in [0.05, 0.1) is 19.3 Å². The molecule has 0 unspecified atom stereocenters. The van der Waals surface area contributed by atoms with E-state index in [2.05, 4.69) is 16.3 Å². The van der Waals surface area contributed by atoms with E-state index in [1.54, 1.807) is 7.11 Å². The van der Waals surface area contributed by atoms with E-state index >= 15 is 0 Å². The Kier molecular flexibility index (Phi) is 5.89. The van der Waals surface area contributed by atoms with Gasteiger partial charge in [-0.1, -0.05) is 23.7 Å². The summed E-state index contributed by atoms with van der Waals surface area (Å²) in [6.45, 7) is 5.27. The van der Waals surface area contributed by atoms with Crippen LogP contribution in [0.1, 0.15) is 5.56 Å². The Morgan fingerprint density at radius 1 is 1.15 bits per heavy atom. The van der Waals surface area contributed by atoms with Crippen molar-refractivity contribution < 1.29 is 9.53 Å². The standard InChI is InChI=1S/C20H24ClN3O2/c1-15-13-16(21)7-8-17(15)22-14-20(25)24-11-9-23(10-12-24)18-5-3-4-6-19(18)26-2/h3-8,13,22H,9-12,14H2,1-2H3. The molecule has 0 aliphatic carbocycles. The van der Waals surface area contributed by atoms with Crippen molar-refractivity contribution in [3.63, 3.8) is 0 Å². The summed E-state index contributed by atoms with van der Waals surface area (Å²) in [6, 6.07) is 13.6. The molecule has 6 heteroatoms. The first-order valence-corrected chi connectivity index (χ1v) is 9.12. The number of methoxy groups -OCH3 is 1. The van der Waals surface area contributed by atoms with E-state index in [4.69, 9.17) is 16.3 Å². The summed E-state index contributed by atoms with van der Waals surface area (Å²) in [5.74, 6) is 0.978. The molecule has 1 fully saturated rings. The van der Waals surface area contributed by atoms with Crippen LogP contribution in [-0.4, -0.2) is 50.6 Å². The highest BCUT2D eigenvalue weighted by atomic mass is 35.5. The number of halogens is 1. The van der Waals surface area contributed by atoms with Crippen molar-refractivity contribution in [3.05, 3.63) is 53.1 Å². The molecule has 1 saturated heterocycles. The largest absolute Gasteiger partial charge is 0.495 e. The minimum absolute atomic E-state index is 0.110. The van der Waals surface area contributed by atoms with Crippen LogP contribution in [0, 0.1) is 6.92 Å². The number of para-hydroxylation sites is 2. The predicted molar refractivity (Wildman–Crippen MR) is 106 cm³/mol. The molecule has 2 aromatic carbocycles. The summed E-state index contributed by atoms with van der Waals surface area (Å²) in [6.07, 6.45) is 0. The number of hydrogen-bond donors (Lipinski definition) is 1. The zero-order valence-corrected chi connectivity index (χ0v) is 15.9. The molecule has 1 N–H and O–H groups in total. The van der Waals surface area contributed by atoms with Crippen LogP contribution in [0.3, 0.4) is 0 Å². The van der Waals surface area contributed by atoms with E-state index in [1.807, 2.05) is 48.2 Å². The summed E-state index contributed by atoms with van der Waals surface area (Å²) in [5.41, 5.74) is 3.05. The highest BCUT2D eigenvalue weighted by molar-refractivity contribution is 6.30. The number of hydrogen-bond acceptors (Lipinski definition) is 4. The first kappa shape index (κ1) is 18.4. The van der Waals surface area contributed by atoms with Gasteiger partial charge < -0.3 is 19.9 Å². The van der Waals surface area contributed by atoms with Crippen molar-refractivity contribution in [2.75, 3.05) is 50.1 Å². The van der Waals surface area contributed by atoms with E-state index in [0.29, 0.717) is 18.1 Å². The molecule has 0 aromatic heterocycles. The number of amides is 1. The Balaban J connectivity index is 1.53. The molecule has 26 heavy (non-hydrogen) atoms. The van der Waals surface area contributed by atoms with E-state index in [9.17, 15) is 4.79 Å². The van der Waals surface area contributed by atoms with Crippen LogP contribution in [0.25, 0.3) is 0 Å². The summed E-state index contributed by atoms with van der Waals surface area (Å²) in [5, 5.41) is 3.92. The van der Waals surface area contributed by atoms with E-state index in [-0.39, 0.29) is 12.5 Å². The lowest BCUT2D eigenvalue weighted by atomic mass is 10.2. The minimum atomic E-state index is 0.110. The van der Waals surface area contributed by atoms with Crippen LogP contribution >= 0.6 is 11.6 Å². The molecular formula is C20H24ClN3O2. The maximum absolute atomic E-state index is 12.5. The Morgan fingerprint density at radius 2 is 1.88 bits per heavy atom. The number of anilines is 2. The van der Waals surface area contributed by atoms with Gasteiger partial charge in [0, 0.05) is 36.9 Å². The summed E-state index contributed by atoms with van der Waals surface area (Å²) in [7, 11) is 1.68. The van der Waals surface area contributed by atoms with E-state index < -0.39 is 0 Å². The number of aryl methyl sites for hydroxylation is 1. The smallest absolute Gasteiger partial charge is 0.241 e. The van der Waals surface area contributed by atoms with Crippen molar-refractivity contribution in [2.45, 2.75) is 6.92 Å². The number of rotatable bonds is 5. The first-order valence-electron chi connectivity index (χ1n) is 8.74. The third-order valence-corrected chi connectivity index (χ3v) is 4.91. The molecule has 2 aromatic rings. The van der Waals surface area contributed by atoms with Gasteiger partial charge >= 0.3 is 0 Å². The molecule has 1 amide bonds. The quantitative estimate of drug-likeness (QED) is 0.872. The molecule has 0 bridgehead atoms. The molecule has 1 aliphatic rings. The Hall–Kier alpha value is -2.40. The van der Waals surface area contributed by atoms with Crippen LogP contribution in [0.4, 0.5) is 11.4 Å². The number of piperazine rings is 1. The van der Waals surface area contributed by atoms with Crippen molar-refractivity contribution in [1.29, 1.82) is 0 Å². The molecule has 0 saturated carbocycles. The van der Waals surface area contributed by atoms with Gasteiger partial charge in [0.2, 0.25) is 5.91 Å². The number of benzene rings is 2. The normalized spacial score (nSPS) is 14.3. The van der Waals surface area contributed by atoms with Crippen molar-refractivity contribution >= 4 is 28.9 Å². The van der Waals surface area contributed by atoms with Crippen LogP contribution in [0.5, 0.6) is 5.75 Å². The van der Waals surface area contributed by atoms with Gasteiger partial charge in [-0.15, -0.1) is 0 Å². The number of carbonyl (C=O) groups excluding carboxylic acids is 1. The molecule has 0 spiro atoms. The minimum Gasteiger partial charge on any atom is -0.495 e. The van der Waals surface area contributed by atoms with E-state index in [0.717, 1.165) is 35.8 Å². The van der Waals surface area contributed by atoms with Crippen LogP contribution in [0.2, 0.25) is 5.02 Å². The highest BCUT2D eigenvalue weighted by Crippen LogP contribution is 2.28.